The molecule has 20 heavy (non-hydrogen) atoms. The highest BCUT2D eigenvalue weighted by atomic mass is 127. The van der Waals surface area contributed by atoms with Crippen LogP contribution in [0.5, 0.6) is 5.75 Å². The van der Waals surface area contributed by atoms with Crippen molar-refractivity contribution in [3.63, 3.8) is 0 Å². The monoisotopic (exact) mass is 388 g/mol. The molecule has 1 aliphatic rings. The average Bonchev–Trinajstić information content (AvgIpc) is 2.41. The molecule has 1 fully saturated rings. The predicted octanol–water partition coefficient (Wildman–Crippen LogP) is 2.41. The number of hydrogen-bond donors (Lipinski definition) is 1. The summed E-state index contributed by atoms with van der Waals surface area (Å²) < 4.78 is 0.767. The number of benzene rings is 1. The summed E-state index contributed by atoms with van der Waals surface area (Å²) in [7, 11) is 4.18. The highest BCUT2D eigenvalue weighted by Crippen LogP contribution is 2.23. The van der Waals surface area contributed by atoms with Crippen molar-refractivity contribution in [1.29, 1.82) is 0 Å². The fourth-order valence-electron chi connectivity index (χ4n) is 2.66. The molecule has 0 radical (unpaired) electrons. The number of phenolic OH excluding ortho intramolecular Hbond substituents is 1. The van der Waals surface area contributed by atoms with E-state index >= 15 is 0 Å². The number of halogens is 1. The normalized spacial score (nSPS) is 16.7. The Morgan fingerprint density at radius 2 is 2.05 bits per heavy atom. The number of rotatable bonds is 3. The van der Waals surface area contributed by atoms with Crippen LogP contribution in [0.3, 0.4) is 0 Å². The van der Waals surface area contributed by atoms with Gasteiger partial charge in [0.25, 0.3) is 5.91 Å². The summed E-state index contributed by atoms with van der Waals surface area (Å²) in [5.41, 5.74) is 0.578. The van der Waals surface area contributed by atoms with Crippen LogP contribution in [0.25, 0.3) is 0 Å². The summed E-state index contributed by atoms with van der Waals surface area (Å²) in [6.07, 6.45) is 2.11. The fraction of sp³-hybridized carbons (Fsp3) is 0.533. The Morgan fingerprint density at radius 3 is 2.60 bits per heavy atom. The van der Waals surface area contributed by atoms with Crippen molar-refractivity contribution in [2.75, 3.05) is 33.7 Å². The van der Waals surface area contributed by atoms with Crippen LogP contribution in [0.2, 0.25) is 0 Å². The lowest BCUT2D eigenvalue weighted by molar-refractivity contribution is 0.0677. The average molecular weight is 388 g/mol. The number of hydrogen-bond acceptors (Lipinski definition) is 3. The van der Waals surface area contributed by atoms with Crippen molar-refractivity contribution < 1.29 is 9.90 Å². The molecule has 0 spiro atoms. The number of nitrogens with zero attached hydrogens (tertiary/aromatic N) is 2. The van der Waals surface area contributed by atoms with E-state index in [9.17, 15) is 9.90 Å². The number of aromatic hydroxyl groups is 1. The van der Waals surface area contributed by atoms with E-state index in [1.807, 2.05) is 4.90 Å². The summed E-state index contributed by atoms with van der Waals surface area (Å²) in [6, 6.07) is 5.13. The molecule has 0 aromatic heterocycles. The van der Waals surface area contributed by atoms with E-state index in [2.05, 4.69) is 41.6 Å². The van der Waals surface area contributed by atoms with Crippen molar-refractivity contribution in [2.24, 2.45) is 5.92 Å². The Balaban J connectivity index is 1.96. The van der Waals surface area contributed by atoms with Gasteiger partial charge in [-0.05, 0) is 73.6 Å². The van der Waals surface area contributed by atoms with Crippen LogP contribution in [0.4, 0.5) is 0 Å². The molecular formula is C15H21IN2O2. The third-order valence-electron chi connectivity index (χ3n) is 3.72. The number of amides is 1. The molecule has 1 N–H and O–H groups in total. The second-order valence-electron chi connectivity index (χ2n) is 5.66. The molecule has 1 amide bonds. The van der Waals surface area contributed by atoms with E-state index in [1.165, 1.54) is 0 Å². The number of carbonyl (C=O) groups excluding carboxylic acids is 1. The summed E-state index contributed by atoms with van der Waals surface area (Å²) in [6.45, 7) is 2.71. The Morgan fingerprint density at radius 1 is 1.40 bits per heavy atom. The van der Waals surface area contributed by atoms with E-state index in [0.29, 0.717) is 11.5 Å². The lowest BCUT2D eigenvalue weighted by Gasteiger charge is -2.33. The molecule has 1 heterocycles. The van der Waals surface area contributed by atoms with Crippen LogP contribution in [0, 0.1) is 9.49 Å². The zero-order valence-electron chi connectivity index (χ0n) is 12.0. The molecule has 1 saturated heterocycles. The van der Waals surface area contributed by atoms with Gasteiger partial charge in [-0.15, -0.1) is 0 Å². The van der Waals surface area contributed by atoms with Gasteiger partial charge >= 0.3 is 0 Å². The number of carbonyl (C=O) groups is 1. The van der Waals surface area contributed by atoms with Gasteiger partial charge in [-0.3, -0.25) is 4.79 Å². The van der Waals surface area contributed by atoms with Gasteiger partial charge in [0.2, 0.25) is 0 Å². The number of phenols is 1. The Labute approximate surface area is 133 Å². The molecule has 0 atom stereocenters. The summed E-state index contributed by atoms with van der Waals surface area (Å²) >= 11 is 2.05. The molecule has 1 aromatic carbocycles. The fourth-order valence-corrected chi connectivity index (χ4v) is 3.00. The summed E-state index contributed by atoms with van der Waals surface area (Å²) in [5, 5.41) is 9.70. The third-order valence-corrected chi connectivity index (χ3v) is 4.63. The van der Waals surface area contributed by atoms with E-state index < -0.39 is 0 Å². The maximum Gasteiger partial charge on any atom is 0.253 e. The Hall–Kier alpha value is -0.820. The maximum absolute atomic E-state index is 12.4. The largest absolute Gasteiger partial charge is 0.507 e. The van der Waals surface area contributed by atoms with Crippen LogP contribution >= 0.6 is 22.6 Å². The van der Waals surface area contributed by atoms with Crippen LogP contribution < -0.4 is 0 Å². The van der Waals surface area contributed by atoms with Gasteiger partial charge in [-0.25, -0.2) is 0 Å². The third kappa shape index (κ3) is 3.85. The summed E-state index contributed by atoms with van der Waals surface area (Å²) in [4.78, 5) is 16.5. The molecule has 0 aliphatic carbocycles. The smallest absolute Gasteiger partial charge is 0.253 e. The molecule has 0 unspecified atom stereocenters. The molecule has 0 saturated carbocycles. The highest BCUT2D eigenvalue weighted by Gasteiger charge is 2.24. The molecular weight excluding hydrogens is 367 g/mol. The molecule has 1 aliphatic heterocycles. The van der Waals surface area contributed by atoms with Crippen LogP contribution in [0.15, 0.2) is 18.2 Å². The van der Waals surface area contributed by atoms with Gasteiger partial charge in [0.05, 0.1) is 3.57 Å². The topological polar surface area (TPSA) is 43.8 Å². The maximum atomic E-state index is 12.4. The first-order chi connectivity index (χ1) is 9.47. The Kier molecular flexibility index (Phi) is 5.26. The highest BCUT2D eigenvalue weighted by molar-refractivity contribution is 14.1. The minimum Gasteiger partial charge on any atom is -0.507 e. The number of likely N-dealkylation sites (tertiary alicyclic amines) is 1. The molecule has 0 bridgehead atoms. The molecule has 110 valence electrons. The quantitative estimate of drug-likeness (QED) is 0.809. The molecule has 1 aromatic rings. The van der Waals surface area contributed by atoms with E-state index in [-0.39, 0.29) is 11.7 Å². The van der Waals surface area contributed by atoms with Crippen molar-refractivity contribution in [2.45, 2.75) is 12.8 Å². The van der Waals surface area contributed by atoms with Gasteiger partial charge in [0.1, 0.15) is 5.75 Å². The van der Waals surface area contributed by atoms with E-state index in [1.54, 1.807) is 18.2 Å². The second-order valence-corrected chi connectivity index (χ2v) is 6.83. The van der Waals surface area contributed by atoms with Crippen LogP contribution in [-0.2, 0) is 0 Å². The number of piperidine rings is 1. The zero-order valence-corrected chi connectivity index (χ0v) is 14.1. The van der Waals surface area contributed by atoms with Crippen LogP contribution in [-0.4, -0.2) is 54.5 Å². The minimum atomic E-state index is 0.0278. The minimum absolute atomic E-state index is 0.0278. The first-order valence-corrected chi connectivity index (χ1v) is 7.97. The van der Waals surface area contributed by atoms with E-state index in [4.69, 9.17) is 0 Å². The van der Waals surface area contributed by atoms with Crippen molar-refractivity contribution in [3.05, 3.63) is 27.3 Å². The van der Waals surface area contributed by atoms with Gasteiger partial charge in [-0.1, -0.05) is 0 Å². The van der Waals surface area contributed by atoms with Gasteiger partial charge in [0, 0.05) is 25.2 Å². The van der Waals surface area contributed by atoms with Crippen LogP contribution in [0.1, 0.15) is 23.2 Å². The van der Waals surface area contributed by atoms with Gasteiger partial charge < -0.3 is 14.9 Å². The molecule has 2 rings (SSSR count). The van der Waals surface area contributed by atoms with Crippen molar-refractivity contribution in [1.82, 2.24) is 9.80 Å². The zero-order chi connectivity index (χ0) is 14.7. The standard InChI is InChI=1S/C15H21IN2O2/c1-17(2)10-11-5-7-18(8-6-11)15(20)12-3-4-13(16)14(19)9-12/h3-4,9,11,19H,5-8,10H2,1-2H3. The Bertz CT molecular complexity index is 483. The van der Waals surface area contributed by atoms with Gasteiger partial charge in [0.15, 0.2) is 0 Å². The SMILES string of the molecule is CN(C)CC1CCN(C(=O)c2ccc(I)c(O)c2)CC1. The molecule has 4 nitrogen and oxygen atoms in total. The first kappa shape index (κ1) is 15.6. The predicted molar refractivity (Wildman–Crippen MR) is 88.0 cm³/mol. The lowest BCUT2D eigenvalue weighted by Crippen LogP contribution is -2.40. The van der Waals surface area contributed by atoms with Crippen molar-refractivity contribution >= 4 is 28.5 Å². The summed E-state index contributed by atoms with van der Waals surface area (Å²) in [5.74, 6) is 0.887. The second kappa shape index (κ2) is 6.76. The first-order valence-electron chi connectivity index (χ1n) is 6.90. The molecule has 5 heteroatoms. The van der Waals surface area contributed by atoms with Crippen molar-refractivity contribution in [3.8, 4) is 5.75 Å². The van der Waals surface area contributed by atoms with Gasteiger partial charge in [-0.2, -0.15) is 0 Å². The van der Waals surface area contributed by atoms with E-state index in [0.717, 1.165) is 36.0 Å². The lowest BCUT2D eigenvalue weighted by atomic mass is 9.96.